The first-order chi connectivity index (χ1) is 21.1. The number of aryl methyl sites for hydroxylation is 1. The highest BCUT2D eigenvalue weighted by molar-refractivity contribution is 5.94. The number of aliphatic hydroxyl groups is 1. The number of fused-ring (bicyclic) bond motifs is 5. The van der Waals surface area contributed by atoms with Crippen molar-refractivity contribution in [1.29, 1.82) is 0 Å². The summed E-state index contributed by atoms with van der Waals surface area (Å²) in [6, 6.07) is 2.55. The molecule has 0 unspecified atom stereocenters. The van der Waals surface area contributed by atoms with Crippen molar-refractivity contribution in [2.75, 3.05) is 0 Å². The molecule has 0 saturated heterocycles. The number of cyclic esters (lactones) is 1. The van der Waals surface area contributed by atoms with Crippen molar-refractivity contribution >= 4 is 28.7 Å². The molecule has 1 aromatic carbocycles. The Morgan fingerprint density at radius 3 is 2.67 bits per heavy atom. The van der Waals surface area contributed by atoms with E-state index in [1.165, 1.54) is 6.07 Å². The van der Waals surface area contributed by atoms with E-state index < -0.39 is 40.5 Å². The van der Waals surface area contributed by atoms with E-state index in [9.17, 15) is 24.3 Å². The fourth-order valence-corrected chi connectivity index (χ4v) is 6.87. The van der Waals surface area contributed by atoms with E-state index in [0.29, 0.717) is 41.7 Å². The molecule has 11 heteroatoms. The third kappa shape index (κ3) is 5.01. The second kappa shape index (κ2) is 10.8. The molecule has 0 fully saturated rings. The first-order valence-corrected chi connectivity index (χ1v) is 15.5. The number of halogens is 1. The molecule has 1 aliphatic carbocycles. The summed E-state index contributed by atoms with van der Waals surface area (Å²) in [5.41, 5.74) is 1.54. The van der Waals surface area contributed by atoms with Crippen LogP contribution in [0.4, 0.5) is 4.39 Å². The van der Waals surface area contributed by atoms with Crippen LogP contribution in [0.1, 0.15) is 99.7 Å². The monoisotopic (exact) mass is 619 g/mol. The molecule has 4 heterocycles. The summed E-state index contributed by atoms with van der Waals surface area (Å²) in [5, 5.41) is 15.2. The first kappa shape index (κ1) is 30.9. The van der Waals surface area contributed by atoms with E-state index in [0.717, 1.165) is 22.1 Å². The van der Waals surface area contributed by atoms with E-state index in [4.69, 9.17) is 14.5 Å². The lowest BCUT2D eigenvalue weighted by atomic mass is 9.81. The molecule has 3 aliphatic rings. The van der Waals surface area contributed by atoms with E-state index in [1.54, 1.807) is 52.2 Å². The number of carbonyl (C=O) groups is 3. The molecular formula is C34H38FN3O7. The molecule has 1 amide bonds. The molecule has 0 radical (unpaired) electrons. The summed E-state index contributed by atoms with van der Waals surface area (Å²) < 4.78 is 27.3. The van der Waals surface area contributed by atoms with Gasteiger partial charge in [-0.05, 0) is 76.1 Å². The van der Waals surface area contributed by atoms with Crippen molar-refractivity contribution in [1.82, 2.24) is 14.9 Å². The molecule has 0 spiro atoms. The summed E-state index contributed by atoms with van der Waals surface area (Å²) in [6.07, 6.45) is 1.46. The Kier molecular flexibility index (Phi) is 7.38. The Morgan fingerprint density at radius 1 is 1.24 bits per heavy atom. The average molecular weight is 620 g/mol. The molecule has 3 atom stereocenters. The first-order valence-electron chi connectivity index (χ1n) is 15.5. The molecule has 45 heavy (non-hydrogen) atoms. The fraction of sp³-hybridized carbons (Fsp3) is 0.500. The van der Waals surface area contributed by atoms with Crippen molar-refractivity contribution in [3.8, 4) is 11.4 Å². The van der Waals surface area contributed by atoms with Gasteiger partial charge in [-0.2, -0.15) is 0 Å². The molecule has 10 nitrogen and oxygen atoms in total. The van der Waals surface area contributed by atoms with Gasteiger partial charge in [0.25, 0.3) is 5.56 Å². The highest BCUT2D eigenvalue weighted by atomic mass is 19.1. The fourth-order valence-electron chi connectivity index (χ4n) is 6.87. The number of nitrogens with one attached hydrogen (secondary N) is 1. The Balaban J connectivity index is 1.42. The third-order valence-corrected chi connectivity index (χ3v) is 9.34. The average Bonchev–Trinajstić information content (AvgIpc) is 3.35. The summed E-state index contributed by atoms with van der Waals surface area (Å²) in [7, 11) is 0. The molecule has 0 bridgehead atoms. The van der Waals surface area contributed by atoms with Gasteiger partial charge in [0.2, 0.25) is 5.91 Å². The quantitative estimate of drug-likeness (QED) is 0.304. The third-order valence-electron chi connectivity index (χ3n) is 9.34. The number of aromatic nitrogens is 2. The van der Waals surface area contributed by atoms with Gasteiger partial charge in [-0.3, -0.25) is 14.4 Å². The highest BCUT2D eigenvalue weighted by Gasteiger charge is 2.46. The predicted octanol–water partition coefficient (Wildman–Crippen LogP) is 4.39. The lowest BCUT2D eigenvalue weighted by molar-refractivity contribution is -0.172. The number of ether oxygens (including phenoxy) is 2. The summed E-state index contributed by atoms with van der Waals surface area (Å²) in [6.45, 7) is 10.4. The Hall–Kier alpha value is -4.12. The second-order valence-electron chi connectivity index (χ2n) is 13.4. The lowest BCUT2D eigenvalue weighted by Crippen LogP contribution is -2.44. The van der Waals surface area contributed by atoms with Gasteiger partial charge < -0.3 is 24.5 Å². The van der Waals surface area contributed by atoms with Crippen LogP contribution in [0.15, 0.2) is 16.9 Å². The standard InChI is InChI=1S/C34H38FN3O7/c1-7-34(43)21-12-25-29-19(14-38(25)31(41)20(21)15-44-32(34)42)28-23(10-9-18-17(3)22(35)13-24(36-29)27(18)28)37-30(40)16(2)8-11-26(39)45-33(4,5)6/h12-13,16,23,43H,7-11,14-15H2,1-6H3,(H,37,40)/t16-,23-,34-/m0/s1. The maximum atomic E-state index is 15.2. The molecule has 2 aliphatic heterocycles. The zero-order valence-electron chi connectivity index (χ0n) is 26.4. The number of nitrogens with zero attached hydrogens (tertiary/aromatic N) is 2. The predicted molar refractivity (Wildman–Crippen MR) is 163 cm³/mol. The van der Waals surface area contributed by atoms with Gasteiger partial charge in [-0.15, -0.1) is 0 Å². The normalized spacial score (nSPS) is 20.6. The van der Waals surface area contributed by atoms with E-state index >= 15 is 4.39 Å². The number of hydrogen-bond acceptors (Lipinski definition) is 8. The van der Waals surface area contributed by atoms with Gasteiger partial charge in [0.1, 0.15) is 18.0 Å². The zero-order valence-corrected chi connectivity index (χ0v) is 26.4. The van der Waals surface area contributed by atoms with Crippen molar-refractivity contribution in [2.24, 2.45) is 5.92 Å². The smallest absolute Gasteiger partial charge is 0.343 e. The minimum atomic E-state index is -1.97. The molecule has 2 N–H and O–H groups in total. The second-order valence-corrected chi connectivity index (χ2v) is 13.4. The molecule has 0 saturated carbocycles. The minimum absolute atomic E-state index is 0.0129. The van der Waals surface area contributed by atoms with E-state index in [2.05, 4.69) is 5.32 Å². The van der Waals surface area contributed by atoms with Gasteiger partial charge in [0.15, 0.2) is 5.60 Å². The van der Waals surface area contributed by atoms with Gasteiger partial charge >= 0.3 is 11.9 Å². The van der Waals surface area contributed by atoms with Crippen LogP contribution in [-0.4, -0.2) is 38.1 Å². The van der Waals surface area contributed by atoms with E-state index in [1.807, 2.05) is 0 Å². The zero-order chi connectivity index (χ0) is 32.6. The topological polar surface area (TPSA) is 137 Å². The molecular weight excluding hydrogens is 581 g/mol. The summed E-state index contributed by atoms with van der Waals surface area (Å²) in [5.74, 6) is -2.27. The van der Waals surface area contributed by atoms with Crippen molar-refractivity contribution in [2.45, 2.75) is 104 Å². The highest BCUT2D eigenvalue weighted by Crippen LogP contribution is 2.46. The van der Waals surface area contributed by atoms with Crippen LogP contribution in [0.3, 0.4) is 0 Å². The van der Waals surface area contributed by atoms with Gasteiger partial charge in [-0.25, -0.2) is 14.2 Å². The largest absolute Gasteiger partial charge is 0.460 e. The summed E-state index contributed by atoms with van der Waals surface area (Å²) in [4.78, 5) is 57.0. The maximum Gasteiger partial charge on any atom is 0.343 e. The van der Waals surface area contributed by atoms with Gasteiger partial charge in [-0.1, -0.05) is 13.8 Å². The number of hydrogen-bond donors (Lipinski definition) is 2. The SMILES string of the molecule is CC[C@@]1(O)C(=O)OCc2c1cc1n(c2=O)Cc2c-1nc1cc(F)c(C)c3c1c2[C@@H](NC(=O)[C@@H](C)CCC(=O)OC(C)(C)C)CC3. The van der Waals surface area contributed by atoms with Crippen molar-refractivity contribution in [3.05, 3.63) is 61.7 Å². The van der Waals surface area contributed by atoms with Crippen LogP contribution < -0.4 is 10.9 Å². The van der Waals surface area contributed by atoms with E-state index in [-0.39, 0.29) is 49.0 Å². The number of benzene rings is 1. The van der Waals surface area contributed by atoms with Gasteiger partial charge in [0, 0.05) is 34.9 Å². The van der Waals surface area contributed by atoms with Crippen molar-refractivity contribution in [3.63, 3.8) is 0 Å². The molecule has 2 aromatic heterocycles. The number of esters is 2. The van der Waals surface area contributed by atoms with Gasteiger partial charge in [0.05, 0.1) is 35.1 Å². The Morgan fingerprint density at radius 2 is 1.98 bits per heavy atom. The van der Waals surface area contributed by atoms with Crippen LogP contribution in [0.25, 0.3) is 22.3 Å². The van der Waals surface area contributed by atoms with Crippen LogP contribution in [0, 0.1) is 18.7 Å². The van der Waals surface area contributed by atoms with Crippen molar-refractivity contribution < 1.29 is 33.4 Å². The van der Waals surface area contributed by atoms with Crippen LogP contribution >= 0.6 is 0 Å². The molecule has 6 rings (SSSR count). The minimum Gasteiger partial charge on any atom is -0.460 e. The molecule has 238 valence electrons. The van der Waals surface area contributed by atoms with Crippen LogP contribution in [-0.2, 0) is 49.0 Å². The number of amides is 1. The number of rotatable bonds is 6. The van der Waals surface area contributed by atoms with Crippen LogP contribution in [0.2, 0.25) is 0 Å². The molecule has 3 aromatic rings. The number of pyridine rings is 2. The number of carbonyl (C=O) groups excluding carboxylic acids is 3. The summed E-state index contributed by atoms with van der Waals surface area (Å²) >= 11 is 0. The van der Waals surface area contributed by atoms with Crippen LogP contribution in [0.5, 0.6) is 0 Å². The Bertz CT molecular complexity index is 1860. The Labute approximate surface area is 259 Å². The maximum absolute atomic E-state index is 15.2. The lowest BCUT2D eigenvalue weighted by Gasteiger charge is -2.31.